The Morgan fingerprint density at radius 3 is 2.67 bits per heavy atom. The number of amides is 1. The molecule has 2 aliphatic rings. The maximum atomic E-state index is 13.3. The van der Waals surface area contributed by atoms with Crippen molar-refractivity contribution in [3.8, 4) is 11.3 Å². The van der Waals surface area contributed by atoms with E-state index in [0.29, 0.717) is 29.1 Å². The van der Waals surface area contributed by atoms with Crippen molar-refractivity contribution < 1.29 is 9.32 Å². The topological polar surface area (TPSA) is 85.8 Å². The Morgan fingerprint density at radius 2 is 2.07 bits per heavy atom. The Kier molecular flexibility index (Phi) is 4.49. The fourth-order valence-corrected chi connectivity index (χ4v) is 4.25. The summed E-state index contributed by atoms with van der Waals surface area (Å²) in [4.78, 5) is 17.7. The van der Waals surface area contributed by atoms with Gasteiger partial charge in [0.1, 0.15) is 5.54 Å². The summed E-state index contributed by atoms with van der Waals surface area (Å²) in [5, 5.41) is 11.7. The van der Waals surface area contributed by atoms with Gasteiger partial charge in [0.15, 0.2) is 5.82 Å². The molecule has 0 bridgehead atoms. The van der Waals surface area contributed by atoms with Gasteiger partial charge in [-0.2, -0.15) is 10.1 Å². The highest BCUT2D eigenvalue weighted by atomic mass is 16.5. The molecule has 5 rings (SSSR count). The number of carbonyl (C=O) groups excluding carboxylic acids is 1. The molecule has 2 fully saturated rings. The number of nitrogens with zero attached hydrogens (tertiary/aromatic N) is 4. The number of rotatable bonds is 7. The Labute approximate surface area is 175 Å². The van der Waals surface area contributed by atoms with E-state index in [-0.39, 0.29) is 5.91 Å². The molecule has 0 aliphatic heterocycles. The molecule has 7 nitrogen and oxygen atoms in total. The van der Waals surface area contributed by atoms with Crippen LogP contribution in [0.3, 0.4) is 0 Å². The molecule has 1 atom stereocenters. The zero-order valence-corrected chi connectivity index (χ0v) is 17.7. The monoisotopic (exact) mass is 405 g/mol. The summed E-state index contributed by atoms with van der Waals surface area (Å²) in [6, 6.07) is 8.04. The van der Waals surface area contributed by atoms with Gasteiger partial charge in [0.25, 0.3) is 5.91 Å². The molecule has 2 aromatic heterocycles. The molecule has 30 heavy (non-hydrogen) atoms. The number of aromatic nitrogens is 4. The van der Waals surface area contributed by atoms with Gasteiger partial charge in [-0.05, 0) is 61.8 Å². The predicted octanol–water partition coefficient (Wildman–Crippen LogP) is 4.10. The van der Waals surface area contributed by atoms with Crippen LogP contribution in [-0.2, 0) is 12.6 Å². The van der Waals surface area contributed by atoms with Crippen molar-refractivity contribution in [3.05, 3.63) is 53.3 Å². The van der Waals surface area contributed by atoms with Gasteiger partial charge in [-0.25, -0.2) is 0 Å². The molecule has 3 aromatic rings. The van der Waals surface area contributed by atoms with Crippen LogP contribution in [0.4, 0.5) is 0 Å². The largest absolute Gasteiger partial charge is 0.340 e. The van der Waals surface area contributed by atoms with E-state index < -0.39 is 5.54 Å². The summed E-state index contributed by atoms with van der Waals surface area (Å²) >= 11 is 0. The van der Waals surface area contributed by atoms with Crippen LogP contribution < -0.4 is 5.32 Å². The minimum atomic E-state index is -0.655. The van der Waals surface area contributed by atoms with Crippen LogP contribution in [0.25, 0.3) is 11.3 Å². The van der Waals surface area contributed by atoms with Crippen LogP contribution in [-0.4, -0.2) is 25.8 Å². The third-order valence-electron chi connectivity index (χ3n) is 6.23. The second-order valence-electron chi connectivity index (χ2n) is 8.99. The molecule has 7 heteroatoms. The number of hydrogen-bond donors (Lipinski definition) is 1. The molecule has 2 saturated carbocycles. The zero-order chi connectivity index (χ0) is 20.9. The van der Waals surface area contributed by atoms with Gasteiger partial charge in [0.05, 0.1) is 5.69 Å². The van der Waals surface area contributed by atoms with Gasteiger partial charge in [-0.3, -0.25) is 9.48 Å². The molecule has 2 aliphatic carbocycles. The van der Waals surface area contributed by atoms with Gasteiger partial charge in [-0.1, -0.05) is 24.1 Å². The zero-order valence-electron chi connectivity index (χ0n) is 17.7. The van der Waals surface area contributed by atoms with Crippen LogP contribution in [0.2, 0.25) is 0 Å². The summed E-state index contributed by atoms with van der Waals surface area (Å²) < 4.78 is 7.07. The fraction of sp³-hybridized carbons (Fsp3) is 0.478. The molecule has 0 spiro atoms. The maximum Gasteiger partial charge on any atom is 0.252 e. The van der Waals surface area contributed by atoms with Gasteiger partial charge >= 0.3 is 0 Å². The second-order valence-corrected chi connectivity index (χ2v) is 8.99. The van der Waals surface area contributed by atoms with E-state index >= 15 is 0 Å². The van der Waals surface area contributed by atoms with Crippen LogP contribution in [0, 0.1) is 12.8 Å². The highest BCUT2D eigenvalue weighted by Gasteiger charge is 2.39. The lowest BCUT2D eigenvalue weighted by atomic mass is 9.92. The van der Waals surface area contributed by atoms with Crippen molar-refractivity contribution in [3.63, 3.8) is 0 Å². The van der Waals surface area contributed by atoms with Crippen molar-refractivity contribution in [1.29, 1.82) is 0 Å². The standard InChI is InChI=1S/C23H27N5O2/c1-14-25-22(27-30-14)23(2,13-15-4-5-15)26-21(29)17-8-9-18(16-6-7-16)19(12-17)20-10-11-24-28(20)3/h8-12,15-16H,4-7,13H2,1-3H3,(H,26,29). The molecule has 1 unspecified atom stereocenters. The maximum absolute atomic E-state index is 13.3. The van der Waals surface area contributed by atoms with Crippen molar-refractivity contribution >= 4 is 5.91 Å². The van der Waals surface area contributed by atoms with E-state index in [9.17, 15) is 4.79 Å². The van der Waals surface area contributed by atoms with E-state index in [4.69, 9.17) is 4.52 Å². The minimum absolute atomic E-state index is 0.119. The van der Waals surface area contributed by atoms with E-state index in [1.807, 2.05) is 36.9 Å². The molecule has 1 N–H and O–H groups in total. The van der Waals surface area contributed by atoms with Crippen molar-refractivity contribution in [2.24, 2.45) is 13.0 Å². The fourth-order valence-electron chi connectivity index (χ4n) is 4.25. The molecule has 1 aromatic carbocycles. The molecule has 2 heterocycles. The summed E-state index contributed by atoms with van der Waals surface area (Å²) in [6.07, 6.45) is 7.38. The third kappa shape index (κ3) is 3.64. The Morgan fingerprint density at radius 1 is 1.27 bits per heavy atom. The lowest BCUT2D eigenvalue weighted by Crippen LogP contribution is -2.44. The number of nitrogens with one attached hydrogen (secondary N) is 1. The number of benzene rings is 1. The third-order valence-corrected chi connectivity index (χ3v) is 6.23. The molecular weight excluding hydrogens is 378 g/mol. The Bertz CT molecular complexity index is 1090. The second kappa shape index (κ2) is 7.07. The van der Waals surface area contributed by atoms with E-state index in [1.54, 1.807) is 13.1 Å². The molecule has 156 valence electrons. The first kappa shape index (κ1) is 19.0. The van der Waals surface area contributed by atoms with Crippen LogP contribution >= 0.6 is 0 Å². The summed E-state index contributed by atoms with van der Waals surface area (Å²) in [5.74, 6) is 2.10. The Hall–Kier alpha value is -2.96. The molecular formula is C23H27N5O2. The highest BCUT2D eigenvalue weighted by Crippen LogP contribution is 2.45. The molecule has 0 saturated heterocycles. The first-order chi connectivity index (χ1) is 14.4. The average molecular weight is 406 g/mol. The first-order valence-electron chi connectivity index (χ1n) is 10.7. The number of carbonyl (C=O) groups is 1. The van der Waals surface area contributed by atoms with E-state index in [2.05, 4.69) is 26.6 Å². The van der Waals surface area contributed by atoms with Gasteiger partial charge in [0, 0.05) is 31.3 Å². The van der Waals surface area contributed by atoms with E-state index in [0.717, 1.165) is 17.7 Å². The summed E-state index contributed by atoms with van der Waals surface area (Å²) in [7, 11) is 1.93. The summed E-state index contributed by atoms with van der Waals surface area (Å²) in [6.45, 7) is 3.76. The molecule has 0 radical (unpaired) electrons. The quantitative estimate of drug-likeness (QED) is 0.639. The molecule has 1 amide bonds. The SMILES string of the molecule is Cc1nc(C(C)(CC2CC2)NC(=O)c2ccc(C3CC3)c(-c3ccnn3C)c2)no1. The van der Waals surface area contributed by atoms with Crippen LogP contribution in [0.15, 0.2) is 35.0 Å². The van der Waals surface area contributed by atoms with Crippen molar-refractivity contribution in [2.75, 3.05) is 0 Å². The predicted molar refractivity (Wildman–Crippen MR) is 112 cm³/mol. The first-order valence-corrected chi connectivity index (χ1v) is 10.7. The number of hydrogen-bond acceptors (Lipinski definition) is 5. The lowest BCUT2D eigenvalue weighted by molar-refractivity contribution is 0.0890. The summed E-state index contributed by atoms with van der Waals surface area (Å²) in [5.41, 5.74) is 3.39. The lowest BCUT2D eigenvalue weighted by Gasteiger charge is -2.28. The van der Waals surface area contributed by atoms with E-state index in [1.165, 1.54) is 31.2 Å². The smallest absolute Gasteiger partial charge is 0.252 e. The van der Waals surface area contributed by atoms with Crippen molar-refractivity contribution in [1.82, 2.24) is 25.2 Å². The van der Waals surface area contributed by atoms with Gasteiger partial charge in [0.2, 0.25) is 5.89 Å². The normalized spacial score (nSPS) is 18.2. The van der Waals surface area contributed by atoms with Gasteiger partial charge < -0.3 is 9.84 Å². The Balaban J connectivity index is 1.47. The van der Waals surface area contributed by atoms with Crippen LogP contribution in [0.1, 0.15) is 72.6 Å². The minimum Gasteiger partial charge on any atom is -0.340 e. The highest BCUT2D eigenvalue weighted by molar-refractivity contribution is 5.96. The number of aryl methyl sites for hydroxylation is 2. The van der Waals surface area contributed by atoms with Gasteiger partial charge in [-0.15, -0.1) is 0 Å². The average Bonchev–Trinajstić information content (AvgIpc) is 3.64. The van der Waals surface area contributed by atoms with Crippen molar-refractivity contribution in [2.45, 2.75) is 57.4 Å². The van der Waals surface area contributed by atoms with Crippen LogP contribution in [0.5, 0.6) is 0 Å².